The van der Waals surface area contributed by atoms with Gasteiger partial charge in [0.25, 0.3) is 0 Å². The number of ketones is 1. The zero-order chi connectivity index (χ0) is 11.4. The van der Waals surface area contributed by atoms with Crippen LogP contribution in [0.4, 0.5) is 0 Å². The molecular formula is C12H15BrO2. The van der Waals surface area contributed by atoms with Gasteiger partial charge in [0.2, 0.25) is 0 Å². The lowest BCUT2D eigenvalue weighted by molar-refractivity contribution is 0.101. The van der Waals surface area contributed by atoms with E-state index in [1.54, 1.807) is 13.0 Å². The predicted molar refractivity (Wildman–Crippen MR) is 64.5 cm³/mol. The number of Topliss-reactive ketones (excluding diaryl/α,β-unsaturated/α-hetero) is 1. The Balaban J connectivity index is 2.83. The van der Waals surface area contributed by atoms with E-state index in [1.807, 2.05) is 12.1 Å². The maximum absolute atomic E-state index is 11.3. The third-order valence-electron chi connectivity index (χ3n) is 1.90. The van der Waals surface area contributed by atoms with Crippen LogP contribution in [0.2, 0.25) is 0 Å². The molecule has 15 heavy (non-hydrogen) atoms. The van der Waals surface area contributed by atoms with Gasteiger partial charge in [0.1, 0.15) is 5.75 Å². The highest BCUT2D eigenvalue weighted by atomic mass is 79.9. The van der Waals surface area contributed by atoms with Crippen molar-refractivity contribution in [2.75, 3.05) is 6.61 Å². The first-order valence-corrected chi connectivity index (χ1v) is 5.73. The van der Waals surface area contributed by atoms with E-state index in [2.05, 4.69) is 29.8 Å². The monoisotopic (exact) mass is 270 g/mol. The summed E-state index contributed by atoms with van der Waals surface area (Å²) in [5, 5.41) is 0. The second kappa shape index (κ2) is 5.31. The zero-order valence-corrected chi connectivity index (χ0v) is 10.8. The van der Waals surface area contributed by atoms with Crippen LogP contribution in [0.15, 0.2) is 22.7 Å². The SMILES string of the molecule is CC(=O)c1cc(OCC(C)C)ccc1Br. The van der Waals surface area contributed by atoms with Gasteiger partial charge in [-0.1, -0.05) is 29.8 Å². The molecule has 0 N–H and O–H groups in total. The maximum atomic E-state index is 11.3. The summed E-state index contributed by atoms with van der Waals surface area (Å²) >= 11 is 3.33. The van der Waals surface area contributed by atoms with Crippen molar-refractivity contribution >= 4 is 21.7 Å². The molecule has 0 saturated carbocycles. The minimum atomic E-state index is 0.0388. The number of ether oxygens (including phenoxy) is 1. The molecule has 0 atom stereocenters. The summed E-state index contributed by atoms with van der Waals surface area (Å²) in [4.78, 5) is 11.3. The van der Waals surface area contributed by atoms with E-state index in [9.17, 15) is 4.79 Å². The molecule has 0 bridgehead atoms. The second-order valence-electron chi connectivity index (χ2n) is 3.90. The van der Waals surface area contributed by atoms with Gasteiger partial charge in [-0.2, -0.15) is 0 Å². The fourth-order valence-electron chi connectivity index (χ4n) is 1.13. The van der Waals surface area contributed by atoms with Crippen LogP contribution in [0.1, 0.15) is 31.1 Å². The Morgan fingerprint density at radius 1 is 1.47 bits per heavy atom. The van der Waals surface area contributed by atoms with Crippen LogP contribution in [-0.4, -0.2) is 12.4 Å². The Hall–Kier alpha value is -0.830. The molecule has 0 aliphatic rings. The van der Waals surface area contributed by atoms with Gasteiger partial charge in [0, 0.05) is 10.0 Å². The van der Waals surface area contributed by atoms with E-state index in [-0.39, 0.29) is 5.78 Å². The average molecular weight is 271 g/mol. The molecule has 82 valence electrons. The van der Waals surface area contributed by atoms with Crippen molar-refractivity contribution in [3.63, 3.8) is 0 Å². The van der Waals surface area contributed by atoms with Crippen LogP contribution in [0.3, 0.4) is 0 Å². The molecule has 0 fully saturated rings. The molecule has 0 spiro atoms. The van der Waals surface area contributed by atoms with Crippen LogP contribution in [0, 0.1) is 5.92 Å². The van der Waals surface area contributed by atoms with E-state index >= 15 is 0 Å². The first-order valence-electron chi connectivity index (χ1n) is 4.94. The molecule has 0 aliphatic heterocycles. The van der Waals surface area contributed by atoms with Crippen LogP contribution >= 0.6 is 15.9 Å². The average Bonchev–Trinajstić information content (AvgIpc) is 2.16. The fraction of sp³-hybridized carbons (Fsp3) is 0.417. The molecule has 3 heteroatoms. The number of carbonyl (C=O) groups is 1. The van der Waals surface area contributed by atoms with E-state index in [4.69, 9.17) is 4.74 Å². The van der Waals surface area contributed by atoms with E-state index in [0.29, 0.717) is 18.1 Å². The quantitative estimate of drug-likeness (QED) is 0.781. The molecule has 2 nitrogen and oxygen atoms in total. The standard InChI is InChI=1S/C12H15BrO2/c1-8(2)7-15-10-4-5-12(13)11(6-10)9(3)14/h4-6,8H,7H2,1-3H3. The maximum Gasteiger partial charge on any atom is 0.161 e. The van der Waals surface area contributed by atoms with Crippen molar-refractivity contribution in [1.82, 2.24) is 0 Å². The Kier molecular flexibility index (Phi) is 4.33. The van der Waals surface area contributed by atoms with E-state index in [0.717, 1.165) is 10.2 Å². The number of hydrogen-bond acceptors (Lipinski definition) is 2. The van der Waals surface area contributed by atoms with Crippen molar-refractivity contribution in [1.29, 1.82) is 0 Å². The highest BCUT2D eigenvalue weighted by Gasteiger charge is 2.07. The molecular weight excluding hydrogens is 256 g/mol. The van der Waals surface area contributed by atoms with Crippen molar-refractivity contribution in [2.24, 2.45) is 5.92 Å². The molecule has 0 aliphatic carbocycles. The lowest BCUT2D eigenvalue weighted by Crippen LogP contribution is -2.05. The van der Waals surface area contributed by atoms with E-state index < -0.39 is 0 Å². The summed E-state index contributed by atoms with van der Waals surface area (Å²) in [6, 6.07) is 5.47. The Labute approximate surface area is 98.8 Å². The molecule has 1 aromatic rings. The summed E-state index contributed by atoms with van der Waals surface area (Å²) in [5.74, 6) is 1.27. The van der Waals surface area contributed by atoms with Crippen molar-refractivity contribution in [2.45, 2.75) is 20.8 Å². The first-order chi connectivity index (χ1) is 7.00. The van der Waals surface area contributed by atoms with Gasteiger partial charge in [-0.15, -0.1) is 0 Å². The molecule has 0 heterocycles. The normalized spacial score (nSPS) is 10.5. The summed E-state index contributed by atoms with van der Waals surface area (Å²) in [6.07, 6.45) is 0. The lowest BCUT2D eigenvalue weighted by Gasteiger charge is -2.10. The molecule has 1 aromatic carbocycles. The minimum Gasteiger partial charge on any atom is -0.493 e. The summed E-state index contributed by atoms with van der Waals surface area (Å²) < 4.78 is 6.35. The molecule has 0 amide bonds. The van der Waals surface area contributed by atoms with Crippen LogP contribution in [0.5, 0.6) is 5.75 Å². The van der Waals surface area contributed by atoms with Gasteiger partial charge >= 0.3 is 0 Å². The van der Waals surface area contributed by atoms with Gasteiger partial charge in [0.15, 0.2) is 5.78 Å². The second-order valence-corrected chi connectivity index (χ2v) is 4.76. The predicted octanol–water partition coefficient (Wildman–Crippen LogP) is 3.69. The molecule has 1 rings (SSSR count). The van der Waals surface area contributed by atoms with Gasteiger partial charge in [-0.3, -0.25) is 4.79 Å². The number of carbonyl (C=O) groups excluding carboxylic acids is 1. The first kappa shape index (κ1) is 12.2. The Morgan fingerprint density at radius 3 is 2.67 bits per heavy atom. The molecule has 0 aromatic heterocycles. The highest BCUT2D eigenvalue weighted by molar-refractivity contribution is 9.10. The Morgan fingerprint density at radius 2 is 2.13 bits per heavy atom. The minimum absolute atomic E-state index is 0.0388. The molecule has 0 radical (unpaired) electrons. The largest absolute Gasteiger partial charge is 0.493 e. The third-order valence-corrected chi connectivity index (χ3v) is 2.59. The smallest absolute Gasteiger partial charge is 0.161 e. The number of benzene rings is 1. The van der Waals surface area contributed by atoms with Gasteiger partial charge in [-0.25, -0.2) is 0 Å². The molecule has 0 unspecified atom stereocenters. The summed E-state index contributed by atoms with van der Waals surface area (Å²) in [5.41, 5.74) is 0.663. The number of hydrogen-bond donors (Lipinski definition) is 0. The topological polar surface area (TPSA) is 26.3 Å². The molecule has 0 saturated heterocycles. The fourth-order valence-corrected chi connectivity index (χ4v) is 1.65. The number of halogens is 1. The van der Waals surface area contributed by atoms with Crippen LogP contribution in [0.25, 0.3) is 0 Å². The third kappa shape index (κ3) is 3.67. The lowest BCUT2D eigenvalue weighted by atomic mass is 10.1. The number of rotatable bonds is 4. The van der Waals surface area contributed by atoms with Gasteiger partial charge in [-0.05, 0) is 31.0 Å². The van der Waals surface area contributed by atoms with Gasteiger partial charge in [0.05, 0.1) is 6.61 Å². The van der Waals surface area contributed by atoms with Crippen molar-refractivity contribution < 1.29 is 9.53 Å². The summed E-state index contributed by atoms with van der Waals surface area (Å²) in [7, 11) is 0. The zero-order valence-electron chi connectivity index (χ0n) is 9.21. The van der Waals surface area contributed by atoms with Gasteiger partial charge < -0.3 is 4.74 Å². The highest BCUT2D eigenvalue weighted by Crippen LogP contribution is 2.23. The van der Waals surface area contributed by atoms with Crippen LogP contribution in [-0.2, 0) is 0 Å². The van der Waals surface area contributed by atoms with Crippen molar-refractivity contribution in [3.8, 4) is 5.75 Å². The van der Waals surface area contributed by atoms with Crippen LogP contribution < -0.4 is 4.74 Å². The summed E-state index contributed by atoms with van der Waals surface area (Å²) in [6.45, 7) is 6.39. The Bertz CT molecular complexity index is 359. The van der Waals surface area contributed by atoms with Crippen molar-refractivity contribution in [3.05, 3.63) is 28.2 Å². The van der Waals surface area contributed by atoms with E-state index in [1.165, 1.54) is 0 Å².